The van der Waals surface area contributed by atoms with Gasteiger partial charge in [0, 0.05) is 44.2 Å². The van der Waals surface area contributed by atoms with Crippen LogP contribution in [-0.2, 0) is 0 Å². The first-order valence-corrected chi connectivity index (χ1v) is 10.1. The molecule has 158 valence electrons. The molecule has 0 amide bonds. The average Bonchev–Trinajstić information content (AvgIpc) is 2.79. The van der Waals surface area contributed by atoms with Crippen molar-refractivity contribution in [1.82, 2.24) is 14.9 Å². The van der Waals surface area contributed by atoms with E-state index in [1.165, 1.54) is 12.7 Å². The lowest BCUT2D eigenvalue weighted by Crippen LogP contribution is -2.47. The third-order valence-corrected chi connectivity index (χ3v) is 5.47. The molecule has 0 radical (unpaired) electrons. The topological polar surface area (TPSA) is 117 Å². The van der Waals surface area contributed by atoms with Crippen molar-refractivity contribution in [2.24, 2.45) is 0 Å². The van der Waals surface area contributed by atoms with Gasteiger partial charge in [0.05, 0.1) is 12.5 Å². The molecule has 8 heteroatoms. The average molecular weight is 416 g/mol. The lowest BCUT2D eigenvalue weighted by molar-refractivity contribution is 0.283. The number of piperazine rings is 1. The summed E-state index contributed by atoms with van der Waals surface area (Å²) in [7, 11) is 1.51. The number of nitriles is 1. The second kappa shape index (κ2) is 8.90. The molecule has 0 spiro atoms. The third kappa shape index (κ3) is 4.22. The Bertz CT molecular complexity index is 1150. The molecule has 1 aromatic carbocycles. The Morgan fingerprint density at radius 1 is 1.10 bits per heavy atom. The van der Waals surface area contributed by atoms with Gasteiger partial charge in [-0.1, -0.05) is 42.5 Å². The Kier molecular flexibility index (Phi) is 5.87. The molecule has 0 atom stereocenters. The molecule has 1 aliphatic heterocycles. The lowest BCUT2D eigenvalue weighted by atomic mass is 10.1. The van der Waals surface area contributed by atoms with Crippen LogP contribution in [0, 0.1) is 11.3 Å². The number of nitrogen functional groups attached to an aromatic ring is 2. The highest BCUT2D eigenvalue weighted by Gasteiger charge is 2.24. The molecule has 4 rings (SSSR count). The molecule has 1 saturated heterocycles. The Hall–Kier alpha value is -3.83. The van der Waals surface area contributed by atoms with Crippen LogP contribution >= 0.6 is 0 Å². The zero-order valence-corrected chi connectivity index (χ0v) is 17.5. The van der Waals surface area contributed by atoms with E-state index in [0.29, 0.717) is 28.0 Å². The molecule has 0 bridgehead atoms. The maximum absolute atomic E-state index is 9.89. The number of methoxy groups -OCH3 is 1. The first kappa shape index (κ1) is 20.4. The quantitative estimate of drug-likeness (QED) is 0.653. The van der Waals surface area contributed by atoms with Gasteiger partial charge in [0.2, 0.25) is 5.88 Å². The SMILES string of the molecule is COc1cc2c(C#N)c(N3CCN(C/C=C/c4ccccc4)CC3)nc(N)c2c(N)n1. The van der Waals surface area contributed by atoms with Gasteiger partial charge in [0.1, 0.15) is 29.1 Å². The summed E-state index contributed by atoms with van der Waals surface area (Å²) in [4.78, 5) is 13.2. The summed E-state index contributed by atoms with van der Waals surface area (Å²) in [6, 6.07) is 14.2. The van der Waals surface area contributed by atoms with E-state index >= 15 is 0 Å². The number of anilines is 3. The van der Waals surface area contributed by atoms with Crippen molar-refractivity contribution >= 4 is 34.3 Å². The fourth-order valence-corrected chi connectivity index (χ4v) is 3.84. The Balaban J connectivity index is 1.52. The number of pyridine rings is 2. The summed E-state index contributed by atoms with van der Waals surface area (Å²) in [5, 5.41) is 11.0. The summed E-state index contributed by atoms with van der Waals surface area (Å²) in [6.07, 6.45) is 4.32. The molecule has 0 saturated carbocycles. The van der Waals surface area contributed by atoms with Gasteiger partial charge in [0.15, 0.2) is 0 Å². The maximum atomic E-state index is 9.89. The molecule has 4 N–H and O–H groups in total. The number of benzene rings is 1. The first-order chi connectivity index (χ1) is 15.1. The number of nitrogens with two attached hydrogens (primary N) is 2. The van der Waals surface area contributed by atoms with Crippen molar-refractivity contribution in [3.05, 3.63) is 53.6 Å². The summed E-state index contributed by atoms with van der Waals surface area (Å²) < 4.78 is 5.22. The molecule has 3 aromatic rings. The van der Waals surface area contributed by atoms with Crippen LogP contribution in [0.1, 0.15) is 11.1 Å². The number of aromatic nitrogens is 2. The number of rotatable bonds is 5. The van der Waals surface area contributed by atoms with Gasteiger partial charge in [0.25, 0.3) is 0 Å². The minimum absolute atomic E-state index is 0.206. The molecule has 3 heterocycles. The van der Waals surface area contributed by atoms with Gasteiger partial charge >= 0.3 is 0 Å². The molecular formula is C23H25N7O. The van der Waals surface area contributed by atoms with Crippen molar-refractivity contribution in [2.75, 3.05) is 56.2 Å². The maximum Gasteiger partial charge on any atom is 0.215 e. The van der Waals surface area contributed by atoms with Crippen molar-refractivity contribution in [3.8, 4) is 11.9 Å². The molecule has 2 aromatic heterocycles. The summed E-state index contributed by atoms with van der Waals surface area (Å²) in [6.45, 7) is 4.12. The fourth-order valence-electron chi connectivity index (χ4n) is 3.84. The lowest BCUT2D eigenvalue weighted by Gasteiger charge is -2.35. The largest absolute Gasteiger partial charge is 0.481 e. The highest BCUT2D eigenvalue weighted by molar-refractivity contribution is 6.04. The van der Waals surface area contributed by atoms with Crippen molar-refractivity contribution in [2.45, 2.75) is 0 Å². The van der Waals surface area contributed by atoms with Gasteiger partial charge < -0.3 is 21.1 Å². The van der Waals surface area contributed by atoms with E-state index in [4.69, 9.17) is 16.2 Å². The fraction of sp³-hybridized carbons (Fsp3) is 0.261. The molecule has 0 unspecified atom stereocenters. The summed E-state index contributed by atoms with van der Waals surface area (Å²) >= 11 is 0. The van der Waals surface area contributed by atoms with E-state index in [2.05, 4.69) is 50.1 Å². The number of ether oxygens (including phenoxy) is 1. The molecule has 1 aliphatic rings. The highest BCUT2D eigenvalue weighted by atomic mass is 16.5. The smallest absolute Gasteiger partial charge is 0.215 e. The number of hydrogen-bond acceptors (Lipinski definition) is 8. The van der Waals surface area contributed by atoms with Crippen LogP contribution in [0.5, 0.6) is 5.88 Å². The van der Waals surface area contributed by atoms with Gasteiger partial charge in [-0.25, -0.2) is 4.98 Å². The molecule has 31 heavy (non-hydrogen) atoms. The standard InChI is InChI=1S/C23H25N7O/c1-31-19-14-17-18(15-24)23(28-22(26)20(17)21(25)27-19)30-12-10-29(11-13-30)9-5-8-16-6-3-2-4-7-16/h2-8,14H,9-13H2,1H3,(H2,25,27)(H2,26,28)/b8-5+. The van der Waals surface area contributed by atoms with E-state index < -0.39 is 0 Å². The van der Waals surface area contributed by atoms with Crippen LogP contribution in [0.25, 0.3) is 16.8 Å². The van der Waals surface area contributed by atoms with Crippen LogP contribution in [0.4, 0.5) is 17.5 Å². The normalized spacial score (nSPS) is 14.8. The van der Waals surface area contributed by atoms with Gasteiger partial charge in [-0.05, 0) is 5.56 Å². The first-order valence-electron chi connectivity index (χ1n) is 10.1. The minimum atomic E-state index is 0.206. The molecule has 8 nitrogen and oxygen atoms in total. The van der Waals surface area contributed by atoms with Crippen LogP contribution < -0.4 is 21.1 Å². The van der Waals surface area contributed by atoms with Crippen molar-refractivity contribution in [3.63, 3.8) is 0 Å². The Labute approximate surface area is 181 Å². The Morgan fingerprint density at radius 3 is 2.48 bits per heavy atom. The molecular weight excluding hydrogens is 390 g/mol. The van der Waals surface area contributed by atoms with E-state index in [1.807, 2.05) is 18.2 Å². The zero-order valence-electron chi connectivity index (χ0n) is 17.5. The van der Waals surface area contributed by atoms with Gasteiger partial charge in [-0.3, -0.25) is 4.90 Å². The predicted molar refractivity (Wildman–Crippen MR) is 124 cm³/mol. The predicted octanol–water partition coefficient (Wildman–Crippen LogP) is 2.51. The second-order valence-corrected chi connectivity index (χ2v) is 7.38. The van der Waals surface area contributed by atoms with E-state index in [1.54, 1.807) is 6.07 Å². The van der Waals surface area contributed by atoms with Crippen LogP contribution in [0.3, 0.4) is 0 Å². The second-order valence-electron chi connectivity index (χ2n) is 7.38. The summed E-state index contributed by atoms with van der Waals surface area (Å²) in [5.41, 5.74) is 13.9. The van der Waals surface area contributed by atoms with Crippen molar-refractivity contribution in [1.29, 1.82) is 5.26 Å². The van der Waals surface area contributed by atoms with Crippen LogP contribution in [-0.4, -0.2) is 54.7 Å². The minimum Gasteiger partial charge on any atom is -0.481 e. The number of hydrogen-bond donors (Lipinski definition) is 2. The number of nitrogens with zero attached hydrogens (tertiary/aromatic N) is 5. The molecule has 1 fully saturated rings. The van der Waals surface area contributed by atoms with Gasteiger partial charge in [-0.2, -0.15) is 10.2 Å². The Morgan fingerprint density at radius 2 is 1.81 bits per heavy atom. The van der Waals surface area contributed by atoms with E-state index in [-0.39, 0.29) is 11.6 Å². The highest BCUT2D eigenvalue weighted by Crippen LogP contribution is 2.35. The molecule has 0 aliphatic carbocycles. The third-order valence-electron chi connectivity index (χ3n) is 5.47. The monoisotopic (exact) mass is 415 g/mol. The summed E-state index contributed by atoms with van der Waals surface area (Å²) in [5.74, 6) is 1.40. The zero-order chi connectivity index (χ0) is 21.8. The van der Waals surface area contributed by atoms with Crippen LogP contribution in [0.15, 0.2) is 42.5 Å². The van der Waals surface area contributed by atoms with Crippen LogP contribution in [0.2, 0.25) is 0 Å². The van der Waals surface area contributed by atoms with E-state index in [9.17, 15) is 5.26 Å². The van der Waals surface area contributed by atoms with E-state index in [0.717, 1.165) is 32.7 Å². The number of fused-ring (bicyclic) bond motifs is 1. The van der Waals surface area contributed by atoms with Crippen molar-refractivity contribution < 1.29 is 4.74 Å². The van der Waals surface area contributed by atoms with Gasteiger partial charge in [-0.15, -0.1) is 0 Å².